The molecule has 1 aliphatic heterocycles. The summed E-state index contributed by atoms with van der Waals surface area (Å²) in [6.45, 7) is 3.31. The van der Waals surface area contributed by atoms with Gasteiger partial charge in [0.25, 0.3) is 0 Å². The fourth-order valence-electron chi connectivity index (χ4n) is 2.51. The Morgan fingerprint density at radius 2 is 2.39 bits per heavy atom. The molecule has 0 bridgehead atoms. The van der Waals surface area contributed by atoms with Crippen LogP contribution in [-0.4, -0.2) is 25.2 Å². The first kappa shape index (κ1) is 13.8. The summed E-state index contributed by atoms with van der Waals surface area (Å²) in [4.78, 5) is 0. The predicted molar refractivity (Wildman–Crippen MR) is 79.5 cm³/mol. The van der Waals surface area contributed by atoms with Crippen LogP contribution in [0, 0.1) is 5.92 Å². The predicted octanol–water partition coefficient (Wildman–Crippen LogP) is 3.49. The monoisotopic (exact) mass is 265 g/mol. The van der Waals surface area contributed by atoms with Crippen LogP contribution >= 0.6 is 11.8 Å². The summed E-state index contributed by atoms with van der Waals surface area (Å²) in [5.74, 6) is 4.30. The van der Waals surface area contributed by atoms with Gasteiger partial charge < -0.3 is 10.1 Å². The molecule has 0 aromatic heterocycles. The molecule has 100 valence electrons. The molecule has 1 fully saturated rings. The molecule has 2 rings (SSSR count). The lowest BCUT2D eigenvalue weighted by molar-refractivity contribution is 0.387. The number of hydrogen-bond acceptors (Lipinski definition) is 3. The van der Waals surface area contributed by atoms with E-state index in [1.54, 1.807) is 7.11 Å². The van der Waals surface area contributed by atoms with Gasteiger partial charge in [-0.15, -0.1) is 0 Å². The summed E-state index contributed by atoms with van der Waals surface area (Å²) in [7, 11) is 1.74. The molecule has 0 amide bonds. The number of nitrogens with one attached hydrogen (secondary N) is 1. The molecule has 1 aliphatic rings. The van der Waals surface area contributed by atoms with E-state index in [0.29, 0.717) is 6.04 Å². The third kappa shape index (κ3) is 3.42. The fraction of sp³-hybridized carbons (Fsp3) is 0.600. The van der Waals surface area contributed by atoms with Crippen molar-refractivity contribution in [2.45, 2.75) is 25.8 Å². The highest BCUT2D eigenvalue weighted by Gasteiger charge is 2.26. The Balaban J connectivity index is 2.14. The second-order valence-corrected chi connectivity index (χ2v) is 5.98. The van der Waals surface area contributed by atoms with Crippen LogP contribution in [-0.2, 0) is 0 Å². The van der Waals surface area contributed by atoms with Crippen molar-refractivity contribution in [2.24, 2.45) is 5.92 Å². The highest BCUT2D eigenvalue weighted by Crippen LogP contribution is 2.35. The quantitative estimate of drug-likeness (QED) is 0.851. The van der Waals surface area contributed by atoms with E-state index < -0.39 is 0 Å². The molecule has 1 saturated heterocycles. The largest absolute Gasteiger partial charge is 0.497 e. The van der Waals surface area contributed by atoms with Crippen LogP contribution in [0.2, 0.25) is 0 Å². The Kier molecular flexibility index (Phi) is 5.39. The van der Waals surface area contributed by atoms with Gasteiger partial charge in [-0.2, -0.15) is 11.8 Å². The summed E-state index contributed by atoms with van der Waals surface area (Å²) >= 11 is 2.08. The van der Waals surface area contributed by atoms with Crippen molar-refractivity contribution in [2.75, 3.05) is 25.2 Å². The SMILES string of the molecule is CCCNC(c1cccc(OC)c1)C1CCSC1. The van der Waals surface area contributed by atoms with Crippen LogP contribution in [0.5, 0.6) is 5.75 Å². The number of ether oxygens (including phenoxy) is 1. The summed E-state index contributed by atoms with van der Waals surface area (Å²) in [6, 6.07) is 8.99. The molecule has 0 radical (unpaired) electrons. The van der Waals surface area contributed by atoms with Crippen LogP contribution in [0.4, 0.5) is 0 Å². The zero-order chi connectivity index (χ0) is 12.8. The standard InChI is InChI=1S/C15H23NOS/c1-3-8-16-15(13-7-9-18-11-13)12-5-4-6-14(10-12)17-2/h4-6,10,13,15-16H,3,7-9,11H2,1-2H3. The zero-order valence-corrected chi connectivity index (χ0v) is 12.1. The van der Waals surface area contributed by atoms with Gasteiger partial charge in [0.2, 0.25) is 0 Å². The number of methoxy groups -OCH3 is 1. The lowest BCUT2D eigenvalue weighted by atomic mass is 9.92. The van der Waals surface area contributed by atoms with Crippen LogP contribution in [0.25, 0.3) is 0 Å². The van der Waals surface area contributed by atoms with E-state index in [9.17, 15) is 0 Å². The van der Waals surface area contributed by atoms with Crippen molar-refractivity contribution >= 4 is 11.8 Å². The highest BCUT2D eigenvalue weighted by atomic mass is 32.2. The molecule has 1 heterocycles. The van der Waals surface area contributed by atoms with Gasteiger partial charge in [-0.05, 0) is 54.5 Å². The van der Waals surface area contributed by atoms with Gasteiger partial charge in [0.05, 0.1) is 7.11 Å². The third-order valence-corrected chi connectivity index (χ3v) is 4.69. The molecule has 1 N–H and O–H groups in total. The van der Waals surface area contributed by atoms with Gasteiger partial charge in [0.1, 0.15) is 5.75 Å². The maximum atomic E-state index is 5.34. The first-order valence-electron chi connectivity index (χ1n) is 6.80. The van der Waals surface area contributed by atoms with Crippen LogP contribution in [0.1, 0.15) is 31.4 Å². The van der Waals surface area contributed by atoms with Gasteiger partial charge in [0, 0.05) is 6.04 Å². The smallest absolute Gasteiger partial charge is 0.119 e. The molecule has 1 aromatic rings. The highest BCUT2D eigenvalue weighted by molar-refractivity contribution is 7.99. The first-order chi connectivity index (χ1) is 8.85. The van der Waals surface area contributed by atoms with Gasteiger partial charge in [0.15, 0.2) is 0 Å². The topological polar surface area (TPSA) is 21.3 Å². The Morgan fingerprint density at radius 1 is 1.50 bits per heavy atom. The minimum atomic E-state index is 0.482. The maximum Gasteiger partial charge on any atom is 0.119 e. The Hall–Kier alpha value is -0.670. The van der Waals surface area contributed by atoms with Crippen molar-refractivity contribution in [3.8, 4) is 5.75 Å². The van der Waals surface area contributed by atoms with Gasteiger partial charge in [-0.25, -0.2) is 0 Å². The molecule has 18 heavy (non-hydrogen) atoms. The van der Waals surface area contributed by atoms with Crippen molar-refractivity contribution in [1.82, 2.24) is 5.32 Å². The molecule has 2 nitrogen and oxygen atoms in total. The minimum absolute atomic E-state index is 0.482. The molecule has 0 aliphatic carbocycles. The summed E-state index contributed by atoms with van der Waals surface area (Å²) in [5.41, 5.74) is 1.37. The normalized spacial score (nSPS) is 20.9. The first-order valence-corrected chi connectivity index (χ1v) is 7.95. The number of rotatable bonds is 6. The van der Waals surface area contributed by atoms with E-state index in [1.165, 1.54) is 29.9 Å². The minimum Gasteiger partial charge on any atom is -0.497 e. The third-order valence-electron chi connectivity index (χ3n) is 3.50. The summed E-state index contributed by atoms with van der Waals surface area (Å²) in [6.07, 6.45) is 2.50. The van der Waals surface area contributed by atoms with Crippen LogP contribution < -0.4 is 10.1 Å². The van der Waals surface area contributed by atoms with Crippen molar-refractivity contribution in [3.05, 3.63) is 29.8 Å². The second kappa shape index (κ2) is 7.05. The number of hydrogen-bond donors (Lipinski definition) is 1. The van der Waals surface area contributed by atoms with E-state index in [0.717, 1.165) is 18.2 Å². The molecule has 2 unspecified atom stereocenters. The lowest BCUT2D eigenvalue weighted by Crippen LogP contribution is -2.29. The Morgan fingerprint density at radius 3 is 3.06 bits per heavy atom. The van der Waals surface area contributed by atoms with Crippen LogP contribution in [0.15, 0.2) is 24.3 Å². The van der Waals surface area contributed by atoms with Crippen molar-refractivity contribution < 1.29 is 4.74 Å². The van der Waals surface area contributed by atoms with E-state index in [4.69, 9.17) is 4.74 Å². The molecule has 0 saturated carbocycles. The number of thioether (sulfide) groups is 1. The molecule has 2 atom stereocenters. The molecule has 1 aromatic carbocycles. The summed E-state index contributed by atoms with van der Waals surface area (Å²) < 4.78 is 5.34. The Bertz CT molecular complexity index is 363. The molecular formula is C15H23NOS. The van der Waals surface area contributed by atoms with Gasteiger partial charge in [-0.3, -0.25) is 0 Å². The summed E-state index contributed by atoms with van der Waals surface area (Å²) in [5, 5.41) is 3.71. The van der Waals surface area contributed by atoms with Crippen LogP contribution in [0.3, 0.4) is 0 Å². The number of benzene rings is 1. The van der Waals surface area contributed by atoms with E-state index in [1.807, 2.05) is 6.07 Å². The van der Waals surface area contributed by atoms with Gasteiger partial charge in [-0.1, -0.05) is 19.1 Å². The van der Waals surface area contributed by atoms with E-state index in [2.05, 4.69) is 42.2 Å². The Labute approximate surface area is 114 Å². The second-order valence-electron chi connectivity index (χ2n) is 4.83. The zero-order valence-electron chi connectivity index (χ0n) is 11.3. The molecule has 0 spiro atoms. The average molecular weight is 265 g/mol. The van der Waals surface area contributed by atoms with E-state index >= 15 is 0 Å². The lowest BCUT2D eigenvalue weighted by Gasteiger charge is -2.25. The van der Waals surface area contributed by atoms with Crippen molar-refractivity contribution in [1.29, 1.82) is 0 Å². The molecule has 3 heteroatoms. The van der Waals surface area contributed by atoms with E-state index in [-0.39, 0.29) is 0 Å². The van der Waals surface area contributed by atoms with Crippen molar-refractivity contribution in [3.63, 3.8) is 0 Å². The fourth-order valence-corrected chi connectivity index (χ4v) is 3.81. The maximum absolute atomic E-state index is 5.34. The van der Waals surface area contributed by atoms with Gasteiger partial charge >= 0.3 is 0 Å². The average Bonchev–Trinajstić information content (AvgIpc) is 2.93. The molecular weight excluding hydrogens is 242 g/mol.